The summed E-state index contributed by atoms with van der Waals surface area (Å²) in [6.45, 7) is 4.66. The molecule has 0 unspecified atom stereocenters. The lowest BCUT2D eigenvalue weighted by Crippen LogP contribution is -2.02. The minimum atomic E-state index is -0.596. The summed E-state index contributed by atoms with van der Waals surface area (Å²) in [5, 5.41) is 0.642. The number of rotatable bonds is 5. The summed E-state index contributed by atoms with van der Waals surface area (Å²) in [5.41, 5.74) is 2.90. The second kappa shape index (κ2) is 7.40. The lowest BCUT2D eigenvalue weighted by atomic mass is 10.0. The third-order valence-electron chi connectivity index (χ3n) is 3.26. The van der Waals surface area contributed by atoms with Gasteiger partial charge in [-0.1, -0.05) is 49.7 Å². The molecule has 0 aliphatic heterocycles. The van der Waals surface area contributed by atoms with Crippen molar-refractivity contribution >= 4 is 34.8 Å². The van der Waals surface area contributed by atoms with Crippen molar-refractivity contribution in [3.63, 3.8) is 0 Å². The van der Waals surface area contributed by atoms with Crippen LogP contribution in [-0.4, -0.2) is 0 Å². The Morgan fingerprint density at radius 3 is 2.38 bits per heavy atom. The highest BCUT2D eigenvalue weighted by molar-refractivity contribution is 6.44. The summed E-state index contributed by atoms with van der Waals surface area (Å²) >= 11 is 18.0. The molecule has 0 bridgehead atoms. The normalized spacial score (nSPS) is 11.2. The highest BCUT2D eigenvalue weighted by Crippen LogP contribution is 2.32. The standard InChI is InChI=1S/C17H17Cl3O/c1-11(2)14-5-3-4-6-16(14)21-10-12-9-13(18)7-8-15(12)17(19)20/h3-9,11,17H,10H2,1-2H3. The van der Waals surface area contributed by atoms with Crippen LogP contribution in [0.2, 0.25) is 5.02 Å². The number of hydrogen-bond acceptors (Lipinski definition) is 1. The molecule has 0 saturated heterocycles. The van der Waals surface area contributed by atoms with Crippen LogP contribution < -0.4 is 4.74 Å². The lowest BCUT2D eigenvalue weighted by molar-refractivity contribution is 0.301. The van der Waals surface area contributed by atoms with Gasteiger partial charge in [0.05, 0.1) is 0 Å². The van der Waals surface area contributed by atoms with E-state index in [0.717, 1.165) is 16.9 Å². The maximum absolute atomic E-state index is 6.04. The molecule has 0 radical (unpaired) electrons. The van der Waals surface area contributed by atoms with Crippen LogP contribution >= 0.6 is 34.8 Å². The molecule has 112 valence electrons. The Kier molecular flexibility index (Phi) is 5.80. The Hall–Kier alpha value is -0.890. The fourth-order valence-electron chi connectivity index (χ4n) is 2.16. The highest BCUT2D eigenvalue weighted by atomic mass is 35.5. The predicted molar refractivity (Wildman–Crippen MR) is 90.8 cm³/mol. The maximum atomic E-state index is 6.04. The number of para-hydroxylation sites is 1. The minimum absolute atomic E-state index is 0.384. The molecule has 0 atom stereocenters. The molecule has 0 spiro atoms. The molecule has 1 nitrogen and oxygen atoms in total. The Balaban J connectivity index is 2.23. The topological polar surface area (TPSA) is 9.23 Å². The molecule has 0 heterocycles. The molecule has 0 aliphatic carbocycles. The van der Waals surface area contributed by atoms with E-state index in [-0.39, 0.29) is 0 Å². The van der Waals surface area contributed by atoms with Crippen molar-refractivity contribution in [2.24, 2.45) is 0 Å². The first-order valence-corrected chi connectivity index (χ1v) is 8.02. The number of alkyl halides is 2. The van der Waals surface area contributed by atoms with E-state index in [1.165, 1.54) is 5.56 Å². The SMILES string of the molecule is CC(C)c1ccccc1OCc1cc(Cl)ccc1C(Cl)Cl. The molecule has 0 aliphatic rings. The first-order valence-electron chi connectivity index (χ1n) is 6.77. The van der Waals surface area contributed by atoms with E-state index in [1.54, 1.807) is 6.07 Å². The molecule has 0 saturated carbocycles. The van der Waals surface area contributed by atoms with Gasteiger partial charge in [-0.3, -0.25) is 0 Å². The van der Waals surface area contributed by atoms with Crippen LogP contribution in [0.1, 0.15) is 41.3 Å². The molecular formula is C17H17Cl3O. The zero-order chi connectivity index (χ0) is 15.4. The molecule has 0 N–H and O–H groups in total. The second-order valence-corrected chi connectivity index (χ2v) is 6.66. The Labute approximate surface area is 140 Å². The summed E-state index contributed by atoms with van der Waals surface area (Å²) < 4.78 is 5.95. The van der Waals surface area contributed by atoms with E-state index in [4.69, 9.17) is 39.5 Å². The van der Waals surface area contributed by atoms with Crippen LogP contribution in [0.15, 0.2) is 42.5 Å². The van der Waals surface area contributed by atoms with Crippen molar-refractivity contribution in [1.82, 2.24) is 0 Å². The molecule has 0 amide bonds. The van der Waals surface area contributed by atoms with Crippen LogP contribution in [0, 0.1) is 0 Å². The van der Waals surface area contributed by atoms with Gasteiger partial charge in [-0.25, -0.2) is 0 Å². The molecular weight excluding hydrogens is 327 g/mol. The Morgan fingerprint density at radius 1 is 1.00 bits per heavy atom. The number of benzene rings is 2. The number of hydrogen-bond donors (Lipinski definition) is 0. The monoisotopic (exact) mass is 342 g/mol. The van der Waals surface area contributed by atoms with Crippen molar-refractivity contribution in [1.29, 1.82) is 0 Å². The van der Waals surface area contributed by atoms with Gasteiger partial charge in [0.25, 0.3) is 0 Å². The fraction of sp³-hybridized carbons (Fsp3) is 0.294. The van der Waals surface area contributed by atoms with Crippen molar-refractivity contribution in [2.75, 3.05) is 0 Å². The van der Waals surface area contributed by atoms with Crippen LogP contribution in [-0.2, 0) is 6.61 Å². The number of halogens is 3. The van der Waals surface area contributed by atoms with Crippen molar-refractivity contribution in [3.8, 4) is 5.75 Å². The molecule has 2 aromatic rings. The summed E-state index contributed by atoms with van der Waals surface area (Å²) in [7, 11) is 0. The first kappa shape index (κ1) is 16.5. The third-order valence-corrected chi connectivity index (χ3v) is 3.97. The van der Waals surface area contributed by atoms with Crippen LogP contribution in [0.5, 0.6) is 5.75 Å². The van der Waals surface area contributed by atoms with Crippen LogP contribution in [0.4, 0.5) is 0 Å². The van der Waals surface area contributed by atoms with E-state index in [1.807, 2.05) is 30.3 Å². The van der Waals surface area contributed by atoms with E-state index < -0.39 is 4.84 Å². The molecule has 2 rings (SSSR count). The van der Waals surface area contributed by atoms with E-state index in [9.17, 15) is 0 Å². The van der Waals surface area contributed by atoms with Gasteiger partial charge in [-0.2, -0.15) is 0 Å². The predicted octanol–water partition coefficient (Wildman–Crippen LogP) is 6.52. The van der Waals surface area contributed by atoms with Crippen molar-refractivity contribution < 1.29 is 4.74 Å². The van der Waals surface area contributed by atoms with Gasteiger partial charge >= 0.3 is 0 Å². The van der Waals surface area contributed by atoms with Crippen LogP contribution in [0.3, 0.4) is 0 Å². The molecule has 0 aromatic heterocycles. The van der Waals surface area contributed by atoms with Gasteiger partial charge < -0.3 is 4.74 Å². The zero-order valence-corrected chi connectivity index (χ0v) is 14.2. The summed E-state index contributed by atoms with van der Waals surface area (Å²) in [6, 6.07) is 13.5. The average molecular weight is 344 g/mol. The molecule has 2 aromatic carbocycles. The fourth-order valence-corrected chi connectivity index (χ4v) is 2.78. The first-order chi connectivity index (χ1) is 9.99. The van der Waals surface area contributed by atoms with Gasteiger partial charge in [-0.05, 0) is 40.8 Å². The van der Waals surface area contributed by atoms with Gasteiger partial charge in [0.2, 0.25) is 0 Å². The van der Waals surface area contributed by atoms with E-state index in [2.05, 4.69) is 19.9 Å². The third kappa shape index (κ3) is 4.29. The van der Waals surface area contributed by atoms with Gasteiger partial charge in [0, 0.05) is 5.02 Å². The lowest BCUT2D eigenvalue weighted by Gasteiger charge is -2.16. The summed E-state index contributed by atoms with van der Waals surface area (Å²) in [4.78, 5) is -0.596. The smallest absolute Gasteiger partial charge is 0.133 e. The van der Waals surface area contributed by atoms with Crippen molar-refractivity contribution in [2.45, 2.75) is 31.2 Å². The Morgan fingerprint density at radius 2 is 1.71 bits per heavy atom. The van der Waals surface area contributed by atoms with Gasteiger partial charge in [-0.15, -0.1) is 23.2 Å². The summed E-state index contributed by atoms with van der Waals surface area (Å²) in [6.07, 6.45) is 0. The largest absolute Gasteiger partial charge is 0.489 e. The van der Waals surface area contributed by atoms with Gasteiger partial charge in [0.15, 0.2) is 0 Å². The quantitative estimate of drug-likeness (QED) is 0.562. The number of ether oxygens (including phenoxy) is 1. The van der Waals surface area contributed by atoms with Crippen molar-refractivity contribution in [3.05, 3.63) is 64.2 Å². The average Bonchev–Trinajstić information content (AvgIpc) is 2.45. The Bertz CT molecular complexity index is 609. The molecule has 0 fully saturated rings. The van der Waals surface area contributed by atoms with Gasteiger partial charge in [0.1, 0.15) is 17.2 Å². The maximum Gasteiger partial charge on any atom is 0.133 e. The van der Waals surface area contributed by atoms with E-state index >= 15 is 0 Å². The minimum Gasteiger partial charge on any atom is -0.489 e. The second-order valence-electron chi connectivity index (χ2n) is 5.13. The molecule has 4 heteroatoms. The summed E-state index contributed by atoms with van der Waals surface area (Å²) in [5.74, 6) is 1.27. The zero-order valence-electron chi connectivity index (χ0n) is 11.9. The molecule has 21 heavy (non-hydrogen) atoms. The van der Waals surface area contributed by atoms with E-state index in [0.29, 0.717) is 17.5 Å². The van der Waals surface area contributed by atoms with Crippen LogP contribution in [0.25, 0.3) is 0 Å². The highest BCUT2D eigenvalue weighted by Gasteiger charge is 2.12.